The molecular formula is C21H17F2N3O2. The molecule has 0 radical (unpaired) electrons. The van der Waals surface area contributed by atoms with Gasteiger partial charge in [-0.1, -0.05) is 35.9 Å². The minimum Gasteiger partial charge on any atom is -0.348 e. The predicted octanol–water partition coefficient (Wildman–Crippen LogP) is 3.85. The standard InChI is InChI=1S/C21H17F2N3O2/c1-13-5-7-14(8-6-13)10-25-20(27)15-9-16(12-24-11-15)21(28)26-19-17(22)3-2-4-18(19)23/h2-9,11-12H,10H2,1H3,(H,25,27)(H,26,28). The lowest BCUT2D eigenvalue weighted by molar-refractivity contribution is 0.0950. The fourth-order valence-electron chi connectivity index (χ4n) is 2.48. The van der Waals surface area contributed by atoms with Crippen LogP contribution < -0.4 is 10.6 Å². The fraction of sp³-hybridized carbons (Fsp3) is 0.0952. The molecule has 0 fully saturated rings. The van der Waals surface area contributed by atoms with E-state index in [1.165, 1.54) is 24.5 Å². The maximum Gasteiger partial charge on any atom is 0.257 e. The Balaban J connectivity index is 1.69. The van der Waals surface area contributed by atoms with Gasteiger partial charge in [0, 0.05) is 18.9 Å². The Kier molecular flexibility index (Phi) is 5.74. The Morgan fingerprint density at radius 1 is 0.929 bits per heavy atom. The maximum absolute atomic E-state index is 13.7. The molecule has 0 saturated carbocycles. The molecule has 1 aromatic heterocycles. The van der Waals surface area contributed by atoms with E-state index in [-0.39, 0.29) is 11.1 Å². The first-order valence-corrected chi connectivity index (χ1v) is 8.48. The number of rotatable bonds is 5. The SMILES string of the molecule is Cc1ccc(CNC(=O)c2cncc(C(=O)Nc3c(F)cccc3F)c2)cc1. The molecule has 3 rings (SSSR count). The highest BCUT2D eigenvalue weighted by Crippen LogP contribution is 2.19. The van der Waals surface area contributed by atoms with E-state index in [1.807, 2.05) is 31.2 Å². The van der Waals surface area contributed by atoms with E-state index >= 15 is 0 Å². The maximum atomic E-state index is 13.7. The molecule has 142 valence electrons. The average molecular weight is 381 g/mol. The molecule has 1 heterocycles. The van der Waals surface area contributed by atoms with E-state index in [0.717, 1.165) is 23.3 Å². The molecule has 0 aliphatic carbocycles. The highest BCUT2D eigenvalue weighted by atomic mass is 19.1. The summed E-state index contributed by atoms with van der Waals surface area (Å²) >= 11 is 0. The van der Waals surface area contributed by atoms with Crippen molar-refractivity contribution in [3.05, 3.63) is 94.8 Å². The van der Waals surface area contributed by atoms with Crippen LogP contribution in [0.4, 0.5) is 14.5 Å². The zero-order valence-electron chi connectivity index (χ0n) is 15.0. The number of pyridine rings is 1. The third-order valence-electron chi connectivity index (χ3n) is 4.04. The molecule has 7 heteroatoms. The number of para-hydroxylation sites is 1. The molecule has 0 spiro atoms. The molecule has 0 bridgehead atoms. The topological polar surface area (TPSA) is 71.1 Å². The van der Waals surface area contributed by atoms with Crippen LogP contribution in [0.3, 0.4) is 0 Å². The molecule has 0 saturated heterocycles. The molecule has 0 atom stereocenters. The van der Waals surface area contributed by atoms with Crippen molar-refractivity contribution in [1.29, 1.82) is 0 Å². The van der Waals surface area contributed by atoms with Crippen LogP contribution in [0.5, 0.6) is 0 Å². The summed E-state index contributed by atoms with van der Waals surface area (Å²) in [5.74, 6) is -2.98. The van der Waals surface area contributed by atoms with Gasteiger partial charge in [-0.15, -0.1) is 0 Å². The van der Waals surface area contributed by atoms with Crippen LogP contribution in [0, 0.1) is 18.6 Å². The van der Waals surface area contributed by atoms with E-state index in [0.29, 0.717) is 6.54 Å². The molecule has 0 aliphatic rings. The number of aryl methyl sites for hydroxylation is 1. The zero-order valence-corrected chi connectivity index (χ0v) is 15.0. The third kappa shape index (κ3) is 4.56. The predicted molar refractivity (Wildman–Crippen MR) is 101 cm³/mol. The van der Waals surface area contributed by atoms with Crippen molar-refractivity contribution in [1.82, 2.24) is 10.3 Å². The van der Waals surface area contributed by atoms with Crippen LogP contribution >= 0.6 is 0 Å². The van der Waals surface area contributed by atoms with Crippen LogP contribution in [0.2, 0.25) is 0 Å². The van der Waals surface area contributed by atoms with E-state index in [1.54, 1.807) is 0 Å². The Morgan fingerprint density at radius 3 is 2.18 bits per heavy atom. The van der Waals surface area contributed by atoms with Crippen LogP contribution in [0.25, 0.3) is 0 Å². The molecule has 3 aromatic rings. The van der Waals surface area contributed by atoms with E-state index in [2.05, 4.69) is 15.6 Å². The van der Waals surface area contributed by atoms with Gasteiger partial charge in [-0.3, -0.25) is 14.6 Å². The van der Waals surface area contributed by atoms with Gasteiger partial charge < -0.3 is 10.6 Å². The number of halogens is 2. The fourth-order valence-corrected chi connectivity index (χ4v) is 2.48. The van der Waals surface area contributed by atoms with Crippen molar-refractivity contribution in [2.45, 2.75) is 13.5 Å². The highest BCUT2D eigenvalue weighted by Gasteiger charge is 2.15. The monoisotopic (exact) mass is 381 g/mol. The van der Waals surface area contributed by atoms with Gasteiger partial charge in [0.15, 0.2) is 0 Å². The van der Waals surface area contributed by atoms with Crippen LogP contribution in [0.1, 0.15) is 31.8 Å². The molecule has 28 heavy (non-hydrogen) atoms. The minimum absolute atomic E-state index is 0.00522. The quantitative estimate of drug-likeness (QED) is 0.705. The molecule has 2 aromatic carbocycles. The van der Waals surface area contributed by atoms with Gasteiger partial charge in [0.1, 0.15) is 17.3 Å². The Labute approximate surface area is 160 Å². The van der Waals surface area contributed by atoms with Gasteiger partial charge >= 0.3 is 0 Å². The summed E-state index contributed by atoms with van der Waals surface area (Å²) in [5.41, 5.74) is 1.65. The number of nitrogens with zero attached hydrogens (tertiary/aromatic N) is 1. The van der Waals surface area contributed by atoms with Crippen molar-refractivity contribution in [3.63, 3.8) is 0 Å². The number of benzene rings is 2. The first-order chi connectivity index (χ1) is 13.4. The lowest BCUT2D eigenvalue weighted by atomic mass is 10.1. The number of aromatic nitrogens is 1. The summed E-state index contributed by atoms with van der Waals surface area (Å²) in [6.45, 7) is 2.29. The lowest BCUT2D eigenvalue weighted by Crippen LogP contribution is -2.23. The summed E-state index contributed by atoms with van der Waals surface area (Å²) in [6.07, 6.45) is 2.52. The molecule has 0 aliphatic heterocycles. The summed E-state index contributed by atoms with van der Waals surface area (Å²) in [6, 6.07) is 12.3. The third-order valence-corrected chi connectivity index (χ3v) is 4.04. The van der Waals surface area contributed by atoms with Gasteiger partial charge in [0.25, 0.3) is 11.8 Å². The normalized spacial score (nSPS) is 10.4. The van der Waals surface area contributed by atoms with Crippen molar-refractivity contribution in [2.75, 3.05) is 5.32 Å². The molecule has 2 amide bonds. The highest BCUT2D eigenvalue weighted by molar-refractivity contribution is 6.05. The van der Waals surface area contributed by atoms with Gasteiger partial charge in [-0.05, 0) is 30.7 Å². The number of carbonyl (C=O) groups is 2. The van der Waals surface area contributed by atoms with Crippen LogP contribution in [0.15, 0.2) is 60.9 Å². The number of hydrogen-bond donors (Lipinski definition) is 2. The van der Waals surface area contributed by atoms with Gasteiger partial charge in [0.2, 0.25) is 0 Å². The summed E-state index contributed by atoms with van der Waals surface area (Å²) in [4.78, 5) is 28.5. The number of amides is 2. The first kappa shape index (κ1) is 19.2. The van der Waals surface area contributed by atoms with Crippen molar-refractivity contribution in [3.8, 4) is 0 Å². The van der Waals surface area contributed by atoms with Crippen molar-refractivity contribution in [2.24, 2.45) is 0 Å². The summed E-state index contributed by atoms with van der Waals surface area (Å²) in [5, 5.41) is 4.90. The van der Waals surface area contributed by atoms with Crippen LogP contribution in [-0.2, 0) is 6.54 Å². The lowest BCUT2D eigenvalue weighted by Gasteiger charge is -2.09. The second-order valence-electron chi connectivity index (χ2n) is 6.18. The largest absolute Gasteiger partial charge is 0.348 e. The van der Waals surface area contributed by atoms with Gasteiger partial charge in [-0.2, -0.15) is 0 Å². The number of anilines is 1. The number of hydrogen-bond acceptors (Lipinski definition) is 3. The second-order valence-corrected chi connectivity index (χ2v) is 6.18. The van der Waals surface area contributed by atoms with Crippen LogP contribution in [-0.4, -0.2) is 16.8 Å². The minimum atomic E-state index is -0.895. The molecule has 2 N–H and O–H groups in total. The Bertz CT molecular complexity index is 1000. The first-order valence-electron chi connectivity index (χ1n) is 8.48. The number of carbonyl (C=O) groups excluding carboxylic acids is 2. The summed E-state index contributed by atoms with van der Waals surface area (Å²) in [7, 11) is 0. The van der Waals surface area contributed by atoms with E-state index < -0.39 is 29.1 Å². The zero-order chi connectivity index (χ0) is 20.1. The van der Waals surface area contributed by atoms with Gasteiger partial charge in [-0.25, -0.2) is 8.78 Å². The Morgan fingerprint density at radius 2 is 1.54 bits per heavy atom. The Hall–Kier alpha value is -3.61. The smallest absolute Gasteiger partial charge is 0.257 e. The molecule has 0 unspecified atom stereocenters. The van der Waals surface area contributed by atoms with Crippen molar-refractivity contribution < 1.29 is 18.4 Å². The van der Waals surface area contributed by atoms with Gasteiger partial charge in [0.05, 0.1) is 11.1 Å². The average Bonchev–Trinajstić information content (AvgIpc) is 2.70. The van der Waals surface area contributed by atoms with Crippen molar-refractivity contribution >= 4 is 17.5 Å². The second kappa shape index (κ2) is 8.39. The molecule has 5 nitrogen and oxygen atoms in total. The molecular weight excluding hydrogens is 364 g/mol. The summed E-state index contributed by atoms with van der Waals surface area (Å²) < 4.78 is 27.4. The number of nitrogens with one attached hydrogen (secondary N) is 2. The van der Waals surface area contributed by atoms with E-state index in [9.17, 15) is 18.4 Å². The van der Waals surface area contributed by atoms with E-state index in [4.69, 9.17) is 0 Å².